The number of anilines is 1. The first kappa shape index (κ1) is 19.6. The highest BCUT2D eigenvalue weighted by atomic mass is 19.3. The predicted molar refractivity (Wildman–Crippen MR) is 106 cm³/mol. The molecular weight excluding hydrogens is 378 g/mol. The van der Waals surface area contributed by atoms with E-state index in [1.807, 2.05) is 6.07 Å². The third-order valence-corrected chi connectivity index (χ3v) is 5.17. The van der Waals surface area contributed by atoms with Gasteiger partial charge in [0, 0.05) is 61.6 Å². The molecule has 29 heavy (non-hydrogen) atoms. The minimum Gasteiger partial charge on any atom is -0.386 e. The largest absolute Gasteiger partial charge is 0.386 e. The van der Waals surface area contributed by atoms with Crippen molar-refractivity contribution >= 4 is 16.7 Å². The van der Waals surface area contributed by atoms with Crippen LogP contribution in [0.15, 0.2) is 36.8 Å². The standard InChI is InChI=1S/C21H22F2N4O2/c1-13-8-17(25-10-16(13)20(2,22)23)15-9-26-19(14-4-3-6-24-18(14)15)27-11-21(28)5-7-29-12-21/h3-4,6,8-10,28H,5,7,11-12H2,1-2H3,(H,26,27). The zero-order valence-corrected chi connectivity index (χ0v) is 16.2. The van der Waals surface area contributed by atoms with Gasteiger partial charge >= 0.3 is 0 Å². The van der Waals surface area contributed by atoms with Gasteiger partial charge in [0.1, 0.15) is 11.4 Å². The Labute approximate surface area is 167 Å². The summed E-state index contributed by atoms with van der Waals surface area (Å²) in [6.45, 7) is 3.62. The van der Waals surface area contributed by atoms with Gasteiger partial charge in [-0.15, -0.1) is 0 Å². The number of halogens is 2. The van der Waals surface area contributed by atoms with Crippen LogP contribution in [-0.4, -0.2) is 45.4 Å². The van der Waals surface area contributed by atoms with Gasteiger partial charge in [-0.1, -0.05) is 0 Å². The zero-order chi connectivity index (χ0) is 20.6. The van der Waals surface area contributed by atoms with Crippen molar-refractivity contribution in [3.63, 3.8) is 0 Å². The molecule has 0 radical (unpaired) electrons. The second-order valence-electron chi connectivity index (χ2n) is 7.57. The molecule has 0 spiro atoms. The lowest BCUT2D eigenvalue weighted by molar-refractivity contribution is 0.0165. The number of aromatic nitrogens is 3. The lowest BCUT2D eigenvalue weighted by atomic mass is 10.0. The molecule has 152 valence electrons. The van der Waals surface area contributed by atoms with Gasteiger partial charge < -0.3 is 15.2 Å². The van der Waals surface area contributed by atoms with Crippen molar-refractivity contribution < 1.29 is 18.6 Å². The SMILES string of the molecule is Cc1cc(-c2cnc(NCC3(O)CCOC3)c3cccnc23)ncc1C(C)(F)F. The molecule has 4 rings (SSSR count). The third-order valence-electron chi connectivity index (χ3n) is 5.17. The Balaban J connectivity index is 1.71. The van der Waals surface area contributed by atoms with Crippen LogP contribution in [0, 0.1) is 6.92 Å². The Bertz CT molecular complexity index is 1050. The normalized spacial score (nSPS) is 19.6. The van der Waals surface area contributed by atoms with E-state index in [-0.39, 0.29) is 12.2 Å². The van der Waals surface area contributed by atoms with E-state index >= 15 is 0 Å². The Morgan fingerprint density at radius 3 is 2.79 bits per heavy atom. The highest BCUT2D eigenvalue weighted by Gasteiger charge is 2.32. The van der Waals surface area contributed by atoms with E-state index in [1.165, 1.54) is 6.20 Å². The molecule has 1 unspecified atom stereocenters. The molecule has 0 bridgehead atoms. The van der Waals surface area contributed by atoms with Gasteiger partial charge in [-0.3, -0.25) is 9.97 Å². The number of nitrogens with one attached hydrogen (secondary N) is 1. The van der Waals surface area contributed by atoms with Crippen LogP contribution in [0.2, 0.25) is 0 Å². The van der Waals surface area contributed by atoms with Crippen molar-refractivity contribution in [3.05, 3.63) is 47.9 Å². The van der Waals surface area contributed by atoms with Crippen molar-refractivity contribution in [1.29, 1.82) is 0 Å². The minimum absolute atomic E-state index is 0.100. The van der Waals surface area contributed by atoms with Crippen molar-refractivity contribution in [2.75, 3.05) is 25.1 Å². The fourth-order valence-corrected chi connectivity index (χ4v) is 3.55. The summed E-state index contributed by atoms with van der Waals surface area (Å²) in [5, 5.41) is 14.4. The molecule has 0 aromatic carbocycles. The summed E-state index contributed by atoms with van der Waals surface area (Å²) >= 11 is 0. The highest BCUT2D eigenvalue weighted by Crippen LogP contribution is 2.34. The number of nitrogens with zero attached hydrogens (tertiary/aromatic N) is 3. The van der Waals surface area contributed by atoms with E-state index in [0.29, 0.717) is 47.7 Å². The van der Waals surface area contributed by atoms with Crippen molar-refractivity contribution in [1.82, 2.24) is 15.0 Å². The van der Waals surface area contributed by atoms with Crippen molar-refractivity contribution in [3.8, 4) is 11.3 Å². The number of rotatable bonds is 5. The third kappa shape index (κ3) is 3.90. The first-order valence-corrected chi connectivity index (χ1v) is 9.40. The van der Waals surface area contributed by atoms with Gasteiger partial charge in [-0.05, 0) is 30.7 Å². The average Bonchev–Trinajstić information content (AvgIpc) is 3.12. The second-order valence-corrected chi connectivity index (χ2v) is 7.57. The summed E-state index contributed by atoms with van der Waals surface area (Å²) in [4.78, 5) is 13.2. The minimum atomic E-state index is -2.95. The lowest BCUT2D eigenvalue weighted by Crippen LogP contribution is -2.37. The molecule has 1 aliphatic heterocycles. The van der Waals surface area contributed by atoms with E-state index in [9.17, 15) is 13.9 Å². The first-order valence-electron chi connectivity index (χ1n) is 9.40. The molecule has 3 aromatic heterocycles. The summed E-state index contributed by atoms with van der Waals surface area (Å²) in [6, 6.07) is 5.30. The number of hydrogen-bond donors (Lipinski definition) is 2. The van der Waals surface area contributed by atoms with Crippen molar-refractivity contribution in [2.45, 2.75) is 31.8 Å². The van der Waals surface area contributed by atoms with E-state index in [0.717, 1.165) is 12.3 Å². The summed E-state index contributed by atoms with van der Waals surface area (Å²) in [7, 11) is 0. The van der Waals surface area contributed by atoms with E-state index in [2.05, 4.69) is 20.3 Å². The Hall–Kier alpha value is -2.71. The van der Waals surface area contributed by atoms with Gasteiger partial charge in [0.15, 0.2) is 0 Å². The maximum Gasteiger partial charge on any atom is 0.272 e. The molecule has 6 nitrogen and oxygen atoms in total. The molecule has 0 aliphatic carbocycles. The van der Waals surface area contributed by atoms with Crippen LogP contribution in [0.5, 0.6) is 0 Å². The molecule has 0 amide bonds. The molecule has 0 saturated carbocycles. The fourth-order valence-electron chi connectivity index (χ4n) is 3.55. The molecule has 4 heterocycles. The number of pyridine rings is 3. The zero-order valence-electron chi connectivity index (χ0n) is 16.2. The summed E-state index contributed by atoms with van der Waals surface area (Å²) in [5.74, 6) is -2.36. The molecule has 1 atom stereocenters. The maximum atomic E-state index is 13.7. The van der Waals surface area contributed by atoms with Gasteiger partial charge in [0.05, 0.1) is 17.8 Å². The fraction of sp³-hybridized carbons (Fsp3) is 0.381. The number of alkyl halides is 2. The van der Waals surface area contributed by atoms with Crippen LogP contribution >= 0.6 is 0 Å². The van der Waals surface area contributed by atoms with Crippen LogP contribution in [0.3, 0.4) is 0 Å². The van der Waals surface area contributed by atoms with Gasteiger partial charge in [-0.25, -0.2) is 13.8 Å². The van der Waals surface area contributed by atoms with Crippen LogP contribution in [-0.2, 0) is 10.7 Å². The smallest absolute Gasteiger partial charge is 0.272 e. The van der Waals surface area contributed by atoms with Crippen LogP contribution < -0.4 is 5.32 Å². The lowest BCUT2D eigenvalue weighted by Gasteiger charge is -2.21. The molecule has 1 saturated heterocycles. The molecule has 2 N–H and O–H groups in total. The molecule has 8 heteroatoms. The van der Waals surface area contributed by atoms with E-state index < -0.39 is 11.5 Å². The molecule has 1 fully saturated rings. The summed E-state index contributed by atoms with van der Waals surface area (Å²) in [5.41, 5.74) is 1.27. The number of ether oxygens (including phenoxy) is 1. The number of aliphatic hydroxyl groups is 1. The average molecular weight is 400 g/mol. The van der Waals surface area contributed by atoms with E-state index in [4.69, 9.17) is 4.74 Å². The molecule has 1 aliphatic rings. The Kier molecular flexibility index (Phi) is 4.92. The maximum absolute atomic E-state index is 13.7. The quantitative estimate of drug-likeness (QED) is 0.680. The topological polar surface area (TPSA) is 80.2 Å². The van der Waals surface area contributed by atoms with Crippen molar-refractivity contribution in [2.24, 2.45) is 0 Å². The van der Waals surface area contributed by atoms with Crippen LogP contribution in [0.4, 0.5) is 14.6 Å². The molecular formula is C21H22F2N4O2. The Morgan fingerprint density at radius 1 is 1.28 bits per heavy atom. The van der Waals surface area contributed by atoms with Gasteiger partial charge in [-0.2, -0.15) is 0 Å². The van der Waals surface area contributed by atoms with Gasteiger partial charge in [0.2, 0.25) is 0 Å². The molecule has 3 aromatic rings. The number of fused-ring (bicyclic) bond motifs is 1. The Morgan fingerprint density at radius 2 is 2.10 bits per heavy atom. The van der Waals surface area contributed by atoms with Gasteiger partial charge in [0.25, 0.3) is 5.92 Å². The van der Waals surface area contributed by atoms with Crippen LogP contribution in [0.25, 0.3) is 22.2 Å². The highest BCUT2D eigenvalue weighted by molar-refractivity contribution is 5.98. The van der Waals surface area contributed by atoms with E-state index in [1.54, 1.807) is 31.5 Å². The number of hydrogen-bond acceptors (Lipinski definition) is 6. The summed E-state index contributed by atoms with van der Waals surface area (Å²) in [6.07, 6.45) is 5.06. The number of aryl methyl sites for hydroxylation is 1. The predicted octanol–water partition coefficient (Wildman–Crippen LogP) is 3.68. The summed E-state index contributed by atoms with van der Waals surface area (Å²) < 4.78 is 32.7. The second kappa shape index (κ2) is 7.27. The first-order chi connectivity index (χ1) is 13.8. The monoisotopic (exact) mass is 400 g/mol. The van der Waals surface area contributed by atoms with Crippen LogP contribution in [0.1, 0.15) is 24.5 Å².